The van der Waals surface area contributed by atoms with E-state index in [1.165, 1.54) is 7.11 Å². The van der Waals surface area contributed by atoms with Crippen molar-refractivity contribution < 1.29 is 67.8 Å². The molecule has 370 valence electrons. The van der Waals surface area contributed by atoms with E-state index in [1.807, 2.05) is 26.0 Å². The first-order chi connectivity index (χ1) is 31.2. The van der Waals surface area contributed by atoms with E-state index in [0.29, 0.717) is 75.4 Å². The zero-order chi connectivity index (χ0) is 48.9. The number of aliphatic hydroxyl groups is 3. The van der Waals surface area contributed by atoms with Crippen molar-refractivity contribution in [3.8, 4) is 0 Å². The van der Waals surface area contributed by atoms with E-state index in [1.54, 1.807) is 66.0 Å². The molecule has 2 bridgehead atoms. The Balaban J connectivity index is 1.71. The fraction of sp³-hybridized carbons (Fsp3) is 0.725. The third kappa shape index (κ3) is 14.3. The minimum absolute atomic E-state index is 0.0275. The molecule has 2 saturated heterocycles. The van der Waals surface area contributed by atoms with Gasteiger partial charge in [0.05, 0.1) is 18.3 Å². The number of Topliss-reactive ketones (excluding diaryl/α,β-unsaturated/α-hetero) is 3. The van der Waals surface area contributed by atoms with Gasteiger partial charge in [-0.25, -0.2) is 4.79 Å². The molecule has 0 aromatic heterocycles. The second-order valence-electron chi connectivity index (χ2n) is 19.6. The van der Waals surface area contributed by atoms with Gasteiger partial charge < -0.3 is 43.9 Å². The lowest BCUT2D eigenvalue weighted by atomic mass is 9.78. The standard InChI is InChI=1S/C51H77NO14/c1-30-15-11-10-12-16-31(2)42(64-29-53)27-38-20-18-36(7)51(61,66-38)48(58)49(59)52-22-14-13-17-39(52)50(60)65-43(33(4)25-37-19-21-40(54)44(26-37)62-8)28-41(55)32(3)24-35(6)46(57)47(63-9)45(56)34(5)23-30/h10-12,15-16,24,29-30,32-34,36-40,42-44,46-47,54,57,61H,13-14,17-23,25-28H2,1-9H3/b12-10+,15-11-,31-16+,35-24+/t30-,32-,33-,34-,36-,37+,38+,39+,40-,42+,43+,44-,46-,47+,51-/m1/s1. The average molecular weight is 928 g/mol. The number of piperidine rings is 1. The summed E-state index contributed by atoms with van der Waals surface area (Å²) < 4.78 is 28.9. The molecule has 1 aliphatic carbocycles. The monoisotopic (exact) mass is 928 g/mol. The van der Waals surface area contributed by atoms with E-state index in [2.05, 4.69) is 0 Å². The molecule has 3 heterocycles. The Kier molecular flexibility index (Phi) is 21.1. The van der Waals surface area contributed by atoms with Crippen molar-refractivity contribution in [2.75, 3.05) is 20.8 Å². The molecular weight excluding hydrogens is 851 g/mol. The number of carbonyl (C=O) groups is 6. The highest BCUT2D eigenvalue weighted by atomic mass is 16.6. The Morgan fingerprint density at radius 3 is 2.30 bits per heavy atom. The normalized spacial score (nSPS) is 39.8. The van der Waals surface area contributed by atoms with Crippen LogP contribution < -0.4 is 0 Å². The molecule has 15 heteroatoms. The van der Waals surface area contributed by atoms with E-state index in [-0.39, 0.29) is 61.2 Å². The molecule has 0 aromatic rings. The number of carbonyl (C=O) groups excluding carboxylic acids is 6. The van der Waals surface area contributed by atoms with Crippen LogP contribution in [0, 0.1) is 35.5 Å². The number of methoxy groups -OCH3 is 2. The number of allylic oxidation sites excluding steroid dienone is 6. The van der Waals surface area contributed by atoms with Gasteiger partial charge in [0, 0.05) is 51.4 Å². The smallest absolute Gasteiger partial charge is 0.329 e. The predicted octanol–water partition coefficient (Wildman–Crippen LogP) is 5.71. The van der Waals surface area contributed by atoms with Crippen LogP contribution in [0.1, 0.15) is 126 Å². The van der Waals surface area contributed by atoms with Gasteiger partial charge in [-0.1, -0.05) is 71.1 Å². The molecule has 4 aliphatic rings. The average Bonchev–Trinajstić information content (AvgIpc) is 3.29. The SMILES string of the molecule is CO[C@@H]1C[C@H](C[C@@H](C)[C@@H]2CC(=O)[C@H](C)/C=C(\C)[C@@H](O)[C@@H](OC)C(=O)[C@H](C)C[C@H](C)\C=C/C=C/C=C(\C)[C@@H](OC=O)C[C@@H]3CC[C@@H](C)[C@@](O)(O3)C(=O)C(=O)N3CCCC[C@H]3C(=O)O2)CC[C@H]1O. The van der Waals surface area contributed by atoms with Crippen LogP contribution in [0.5, 0.6) is 0 Å². The molecule has 15 nitrogen and oxygen atoms in total. The molecule has 3 aliphatic heterocycles. The fourth-order valence-corrected chi connectivity index (χ4v) is 10.1. The lowest BCUT2D eigenvalue weighted by Gasteiger charge is -2.42. The largest absolute Gasteiger partial charge is 0.460 e. The molecule has 66 heavy (non-hydrogen) atoms. The number of hydrogen-bond acceptors (Lipinski definition) is 14. The lowest BCUT2D eigenvalue weighted by molar-refractivity contribution is -0.265. The maximum absolute atomic E-state index is 14.4. The van der Waals surface area contributed by atoms with E-state index in [0.717, 1.165) is 4.90 Å². The van der Waals surface area contributed by atoms with Crippen LogP contribution in [0.3, 0.4) is 0 Å². The Morgan fingerprint density at radius 2 is 1.62 bits per heavy atom. The number of nitrogens with zero attached hydrogens (tertiary/aromatic N) is 1. The predicted molar refractivity (Wildman–Crippen MR) is 245 cm³/mol. The number of rotatable bonds is 7. The number of hydrogen-bond donors (Lipinski definition) is 3. The molecule has 3 fully saturated rings. The molecule has 0 spiro atoms. The second kappa shape index (κ2) is 25.5. The summed E-state index contributed by atoms with van der Waals surface area (Å²) in [5.74, 6) is -8.45. The zero-order valence-corrected chi connectivity index (χ0v) is 40.6. The third-order valence-electron chi connectivity index (χ3n) is 14.4. The van der Waals surface area contributed by atoms with Crippen LogP contribution in [0.4, 0.5) is 0 Å². The van der Waals surface area contributed by atoms with Gasteiger partial charge >= 0.3 is 5.97 Å². The van der Waals surface area contributed by atoms with Crippen LogP contribution in [0.25, 0.3) is 0 Å². The number of aliphatic hydroxyl groups excluding tert-OH is 2. The van der Waals surface area contributed by atoms with Gasteiger partial charge in [-0.2, -0.15) is 0 Å². The fourth-order valence-electron chi connectivity index (χ4n) is 10.1. The number of amides is 1. The van der Waals surface area contributed by atoms with Gasteiger partial charge in [0.2, 0.25) is 5.79 Å². The Bertz CT molecular complexity index is 1810. The summed E-state index contributed by atoms with van der Waals surface area (Å²) in [6.45, 7) is 12.7. The van der Waals surface area contributed by atoms with Gasteiger partial charge in [0.1, 0.15) is 36.2 Å². The number of ether oxygens (including phenoxy) is 5. The molecule has 0 aromatic carbocycles. The maximum atomic E-state index is 14.4. The van der Waals surface area contributed by atoms with Crippen molar-refractivity contribution >= 4 is 35.7 Å². The Labute approximate surface area is 391 Å². The van der Waals surface area contributed by atoms with Crippen molar-refractivity contribution in [3.63, 3.8) is 0 Å². The molecule has 0 radical (unpaired) electrons. The first-order valence-corrected chi connectivity index (χ1v) is 24.0. The van der Waals surface area contributed by atoms with Crippen molar-refractivity contribution in [2.45, 2.75) is 180 Å². The maximum Gasteiger partial charge on any atom is 0.329 e. The first kappa shape index (κ1) is 54.7. The van der Waals surface area contributed by atoms with Crippen LogP contribution in [-0.2, 0) is 52.5 Å². The van der Waals surface area contributed by atoms with Crippen molar-refractivity contribution in [1.82, 2.24) is 4.90 Å². The van der Waals surface area contributed by atoms with E-state index >= 15 is 0 Å². The highest BCUT2D eigenvalue weighted by Crippen LogP contribution is 2.38. The topological polar surface area (TPSA) is 212 Å². The van der Waals surface area contributed by atoms with Gasteiger partial charge in [-0.05, 0) is 107 Å². The van der Waals surface area contributed by atoms with Gasteiger partial charge in [-0.15, -0.1) is 0 Å². The van der Waals surface area contributed by atoms with Crippen molar-refractivity contribution in [1.29, 1.82) is 0 Å². The van der Waals surface area contributed by atoms with Crippen LogP contribution in [0.15, 0.2) is 47.6 Å². The van der Waals surface area contributed by atoms with Gasteiger partial charge in [-0.3, -0.25) is 24.0 Å². The molecule has 1 saturated carbocycles. The highest BCUT2D eigenvalue weighted by Gasteiger charge is 2.53. The molecule has 4 rings (SSSR count). The third-order valence-corrected chi connectivity index (χ3v) is 14.4. The summed E-state index contributed by atoms with van der Waals surface area (Å²) in [6.07, 6.45) is 9.49. The van der Waals surface area contributed by atoms with Gasteiger partial charge in [0.25, 0.3) is 18.2 Å². The first-order valence-electron chi connectivity index (χ1n) is 24.0. The summed E-state index contributed by atoms with van der Waals surface area (Å²) in [5, 5.41) is 33.8. The molecule has 15 atom stereocenters. The number of cyclic esters (lactones) is 1. The number of fused-ring (bicyclic) bond motifs is 3. The summed E-state index contributed by atoms with van der Waals surface area (Å²) in [6, 6.07) is -1.18. The summed E-state index contributed by atoms with van der Waals surface area (Å²) >= 11 is 0. The second-order valence-corrected chi connectivity index (χ2v) is 19.6. The summed E-state index contributed by atoms with van der Waals surface area (Å²) in [5.41, 5.74) is 1.03. The minimum atomic E-state index is -2.52. The van der Waals surface area contributed by atoms with Crippen LogP contribution in [0.2, 0.25) is 0 Å². The van der Waals surface area contributed by atoms with Crippen LogP contribution in [-0.4, -0.2) is 131 Å². The van der Waals surface area contributed by atoms with Crippen molar-refractivity contribution in [2.24, 2.45) is 35.5 Å². The number of ketones is 3. The Hall–Kier alpha value is -3.86. The van der Waals surface area contributed by atoms with E-state index < -0.39 is 83.9 Å². The summed E-state index contributed by atoms with van der Waals surface area (Å²) in [7, 11) is 2.92. The van der Waals surface area contributed by atoms with E-state index in [9.17, 15) is 44.1 Å². The quantitative estimate of drug-likeness (QED) is 0.121. The molecule has 1 amide bonds. The van der Waals surface area contributed by atoms with Gasteiger partial charge in [0.15, 0.2) is 5.78 Å². The minimum Gasteiger partial charge on any atom is -0.460 e. The van der Waals surface area contributed by atoms with Crippen molar-refractivity contribution in [3.05, 3.63) is 47.6 Å². The van der Waals surface area contributed by atoms with E-state index in [4.69, 9.17) is 23.7 Å². The highest BCUT2D eigenvalue weighted by molar-refractivity contribution is 6.39. The summed E-state index contributed by atoms with van der Waals surface area (Å²) in [4.78, 5) is 83.4. The Morgan fingerprint density at radius 1 is 0.894 bits per heavy atom. The lowest BCUT2D eigenvalue weighted by Crippen LogP contribution is -2.61. The zero-order valence-electron chi connectivity index (χ0n) is 40.6. The molecular formula is C51H77NO14. The van der Waals surface area contributed by atoms with Crippen LogP contribution >= 0.6 is 0 Å². The molecule has 3 N–H and O–H groups in total. The number of esters is 1. The molecule has 0 unspecified atom stereocenters.